The highest BCUT2D eigenvalue weighted by Crippen LogP contribution is 2.25. The Balaban J connectivity index is 3.09. The van der Waals surface area contributed by atoms with Gasteiger partial charge < -0.3 is 15.4 Å². The van der Waals surface area contributed by atoms with E-state index in [9.17, 15) is 4.79 Å². The molecule has 0 aliphatic carbocycles. The molecule has 1 atom stereocenters. The zero-order chi connectivity index (χ0) is 13.7. The van der Waals surface area contributed by atoms with Crippen LogP contribution in [0.2, 0.25) is 0 Å². The third kappa shape index (κ3) is 2.91. The van der Waals surface area contributed by atoms with E-state index in [0.717, 1.165) is 6.42 Å². The molecular formula is C13H21N3O2. The largest absolute Gasteiger partial charge is 0.462 e. The number of carbonyl (C=O) groups is 1. The molecule has 1 aromatic rings. The van der Waals surface area contributed by atoms with E-state index in [1.807, 2.05) is 11.9 Å². The molecule has 2 N–H and O–H groups in total. The number of esters is 1. The number of pyridine rings is 1. The Bertz CT molecular complexity index is 421. The number of nitrogens with zero attached hydrogens (tertiary/aromatic N) is 2. The van der Waals surface area contributed by atoms with Gasteiger partial charge in [-0.3, -0.25) is 0 Å². The van der Waals surface area contributed by atoms with Crippen LogP contribution in [0.3, 0.4) is 0 Å². The zero-order valence-electron chi connectivity index (χ0n) is 11.4. The molecule has 1 aromatic heterocycles. The third-order valence-corrected chi connectivity index (χ3v) is 3.05. The first kappa shape index (κ1) is 14.3. The maximum absolute atomic E-state index is 11.7. The van der Waals surface area contributed by atoms with Crippen LogP contribution in [0.1, 0.15) is 37.6 Å². The number of ether oxygens (including phenoxy) is 1. The van der Waals surface area contributed by atoms with E-state index in [1.54, 1.807) is 19.2 Å². The summed E-state index contributed by atoms with van der Waals surface area (Å²) >= 11 is 0. The van der Waals surface area contributed by atoms with Gasteiger partial charge in [0.15, 0.2) is 5.82 Å². The molecule has 5 nitrogen and oxygen atoms in total. The topological polar surface area (TPSA) is 68.5 Å². The van der Waals surface area contributed by atoms with Gasteiger partial charge in [0.1, 0.15) is 0 Å². The lowest BCUT2D eigenvalue weighted by Gasteiger charge is -2.26. The first-order valence-electron chi connectivity index (χ1n) is 6.17. The van der Waals surface area contributed by atoms with E-state index in [0.29, 0.717) is 29.7 Å². The molecule has 0 fully saturated rings. The molecule has 1 rings (SSSR count). The van der Waals surface area contributed by atoms with Gasteiger partial charge in [0.2, 0.25) is 0 Å². The average molecular weight is 251 g/mol. The minimum Gasteiger partial charge on any atom is -0.462 e. The molecular weight excluding hydrogens is 230 g/mol. The van der Waals surface area contributed by atoms with E-state index in [4.69, 9.17) is 10.5 Å². The molecule has 0 aliphatic rings. The van der Waals surface area contributed by atoms with E-state index in [1.165, 1.54) is 0 Å². The first-order chi connectivity index (χ1) is 8.52. The maximum Gasteiger partial charge on any atom is 0.340 e. The first-order valence-corrected chi connectivity index (χ1v) is 6.17. The van der Waals surface area contributed by atoms with Gasteiger partial charge in [-0.15, -0.1) is 0 Å². The number of aromatic nitrogens is 1. The van der Waals surface area contributed by atoms with Crippen molar-refractivity contribution in [3.8, 4) is 0 Å². The smallest absolute Gasteiger partial charge is 0.340 e. The average Bonchev–Trinajstić information content (AvgIpc) is 2.37. The second-order valence-corrected chi connectivity index (χ2v) is 4.18. The Morgan fingerprint density at radius 3 is 2.78 bits per heavy atom. The van der Waals surface area contributed by atoms with E-state index < -0.39 is 5.97 Å². The Morgan fingerprint density at radius 2 is 2.22 bits per heavy atom. The van der Waals surface area contributed by atoms with E-state index >= 15 is 0 Å². The van der Waals surface area contributed by atoms with Gasteiger partial charge in [-0.1, -0.05) is 6.92 Å². The number of carbonyl (C=O) groups excluding carboxylic acids is 1. The zero-order valence-corrected chi connectivity index (χ0v) is 11.4. The minimum absolute atomic E-state index is 0.303. The quantitative estimate of drug-likeness (QED) is 0.811. The van der Waals surface area contributed by atoms with Crippen molar-refractivity contribution in [3.05, 3.63) is 17.8 Å². The standard InChI is InChI=1S/C13H21N3O2/c1-5-9(3)16(4)12-11(14)10(7-8-15-12)13(17)18-6-2/h7-9H,5-6,14H2,1-4H3. The van der Waals surface area contributed by atoms with Gasteiger partial charge in [0.25, 0.3) is 0 Å². The van der Waals surface area contributed by atoms with Crippen molar-refractivity contribution in [1.29, 1.82) is 0 Å². The fourth-order valence-corrected chi connectivity index (χ4v) is 1.61. The molecule has 100 valence electrons. The molecule has 0 radical (unpaired) electrons. The Hall–Kier alpha value is -1.78. The molecule has 0 spiro atoms. The highest BCUT2D eigenvalue weighted by Gasteiger charge is 2.18. The number of rotatable bonds is 5. The number of nitrogens with two attached hydrogens (primary N) is 1. The van der Waals surface area contributed by atoms with Gasteiger partial charge in [-0.25, -0.2) is 9.78 Å². The SMILES string of the molecule is CCOC(=O)c1ccnc(N(C)C(C)CC)c1N. The second kappa shape index (κ2) is 6.23. The lowest BCUT2D eigenvalue weighted by Crippen LogP contribution is -2.30. The Kier molecular flexibility index (Phi) is 4.95. The molecule has 5 heteroatoms. The fraction of sp³-hybridized carbons (Fsp3) is 0.538. The molecule has 0 aliphatic heterocycles. The van der Waals surface area contributed by atoms with Crippen LogP contribution in [0.5, 0.6) is 0 Å². The van der Waals surface area contributed by atoms with Gasteiger partial charge in [-0.2, -0.15) is 0 Å². The van der Waals surface area contributed by atoms with Crippen LogP contribution < -0.4 is 10.6 Å². The predicted molar refractivity (Wildman–Crippen MR) is 72.8 cm³/mol. The van der Waals surface area contributed by atoms with Gasteiger partial charge in [0, 0.05) is 19.3 Å². The predicted octanol–water partition coefficient (Wildman–Crippen LogP) is 2.08. The molecule has 1 heterocycles. The lowest BCUT2D eigenvalue weighted by atomic mass is 10.2. The van der Waals surface area contributed by atoms with E-state index in [-0.39, 0.29) is 0 Å². The molecule has 18 heavy (non-hydrogen) atoms. The summed E-state index contributed by atoms with van der Waals surface area (Å²) in [6.07, 6.45) is 2.55. The van der Waals surface area contributed by atoms with Crippen LogP contribution in [0.15, 0.2) is 12.3 Å². The molecule has 0 bridgehead atoms. The summed E-state index contributed by atoms with van der Waals surface area (Å²) in [5, 5.41) is 0. The molecule has 0 amide bonds. The van der Waals surface area contributed by atoms with Crippen molar-refractivity contribution in [2.24, 2.45) is 0 Å². The Morgan fingerprint density at radius 1 is 1.56 bits per heavy atom. The van der Waals surface area contributed by atoms with Crippen molar-refractivity contribution in [2.75, 3.05) is 24.3 Å². The number of hydrogen-bond donors (Lipinski definition) is 1. The summed E-state index contributed by atoms with van der Waals surface area (Å²) in [6.45, 7) is 6.27. The minimum atomic E-state index is -0.406. The third-order valence-electron chi connectivity index (χ3n) is 3.05. The van der Waals surface area contributed by atoms with Crippen molar-refractivity contribution < 1.29 is 9.53 Å². The summed E-state index contributed by atoms with van der Waals surface area (Å²) in [7, 11) is 1.92. The fourth-order valence-electron chi connectivity index (χ4n) is 1.61. The van der Waals surface area contributed by atoms with Crippen molar-refractivity contribution >= 4 is 17.5 Å². The molecule has 1 unspecified atom stereocenters. The van der Waals surface area contributed by atoms with Crippen molar-refractivity contribution in [3.63, 3.8) is 0 Å². The summed E-state index contributed by atoms with van der Waals surface area (Å²) in [6, 6.07) is 1.89. The van der Waals surface area contributed by atoms with Crippen LogP contribution >= 0.6 is 0 Å². The van der Waals surface area contributed by atoms with Crippen LogP contribution in [-0.4, -0.2) is 30.6 Å². The number of nitrogen functional groups attached to an aromatic ring is 1. The molecule has 0 aromatic carbocycles. The summed E-state index contributed by atoms with van der Waals surface area (Å²) in [5.74, 6) is 0.214. The van der Waals surface area contributed by atoms with Crippen LogP contribution in [0.25, 0.3) is 0 Å². The summed E-state index contributed by atoms with van der Waals surface area (Å²) < 4.78 is 4.97. The second-order valence-electron chi connectivity index (χ2n) is 4.18. The van der Waals surface area contributed by atoms with Crippen LogP contribution in [0.4, 0.5) is 11.5 Å². The van der Waals surface area contributed by atoms with Crippen molar-refractivity contribution in [1.82, 2.24) is 4.98 Å². The number of anilines is 2. The maximum atomic E-state index is 11.7. The van der Waals surface area contributed by atoms with Gasteiger partial charge >= 0.3 is 5.97 Å². The molecule has 0 saturated carbocycles. The van der Waals surface area contributed by atoms with Crippen LogP contribution in [0, 0.1) is 0 Å². The van der Waals surface area contributed by atoms with Crippen LogP contribution in [-0.2, 0) is 4.74 Å². The van der Waals surface area contributed by atoms with E-state index in [2.05, 4.69) is 18.8 Å². The normalized spacial score (nSPS) is 12.0. The number of hydrogen-bond acceptors (Lipinski definition) is 5. The monoisotopic (exact) mass is 251 g/mol. The van der Waals surface area contributed by atoms with Crippen molar-refractivity contribution in [2.45, 2.75) is 33.2 Å². The molecule has 0 saturated heterocycles. The van der Waals surface area contributed by atoms with Gasteiger partial charge in [-0.05, 0) is 26.3 Å². The van der Waals surface area contributed by atoms with Gasteiger partial charge in [0.05, 0.1) is 17.9 Å². The summed E-state index contributed by atoms with van der Waals surface area (Å²) in [4.78, 5) is 17.9. The lowest BCUT2D eigenvalue weighted by molar-refractivity contribution is 0.0527. The summed E-state index contributed by atoms with van der Waals surface area (Å²) in [5.41, 5.74) is 6.75. The highest BCUT2D eigenvalue weighted by molar-refractivity contribution is 5.97. The Labute approximate surface area is 108 Å². The highest BCUT2D eigenvalue weighted by atomic mass is 16.5.